The Kier molecular flexibility index (Phi) is 6.51. The molecule has 0 aromatic carbocycles. The molecule has 1 aromatic heterocycles. The van der Waals surface area contributed by atoms with Gasteiger partial charge in [0, 0.05) is 25.9 Å². The van der Waals surface area contributed by atoms with Crippen LogP contribution >= 0.6 is 0 Å². The molecule has 116 valence electrons. The van der Waals surface area contributed by atoms with Crippen molar-refractivity contribution >= 4 is 11.5 Å². The Bertz CT molecular complexity index is 625. The van der Waals surface area contributed by atoms with Crippen molar-refractivity contribution < 1.29 is 0 Å². The monoisotopic (exact) mass is 295 g/mol. The second-order valence-electron chi connectivity index (χ2n) is 5.58. The Hall–Kier alpha value is -2.42. The minimum Gasteiger partial charge on any atom is -0.363 e. The van der Waals surface area contributed by atoms with Crippen molar-refractivity contribution in [3.05, 3.63) is 72.1 Å². The van der Waals surface area contributed by atoms with E-state index in [1.54, 1.807) is 6.08 Å². The molecule has 0 bridgehead atoms. The lowest BCUT2D eigenvalue weighted by Gasteiger charge is -2.11. The van der Waals surface area contributed by atoms with Crippen molar-refractivity contribution in [2.24, 2.45) is 4.99 Å². The van der Waals surface area contributed by atoms with Gasteiger partial charge in [0.05, 0.1) is 11.4 Å². The molecule has 1 rings (SSSR count). The molecule has 0 atom stereocenters. The van der Waals surface area contributed by atoms with E-state index in [0.717, 1.165) is 28.4 Å². The van der Waals surface area contributed by atoms with E-state index in [9.17, 15) is 0 Å². The zero-order valence-electron chi connectivity index (χ0n) is 14.2. The van der Waals surface area contributed by atoms with Gasteiger partial charge in [0.25, 0.3) is 0 Å². The molecule has 22 heavy (non-hydrogen) atoms. The van der Waals surface area contributed by atoms with Gasteiger partial charge in [-0.15, -0.1) is 0 Å². The van der Waals surface area contributed by atoms with E-state index in [0.29, 0.717) is 0 Å². The Morgan fingerprint density at radius 2 is 1.86 bits per heavy atom. The maximum Gasteiger partial charge on any atom is 0.127 e. The van der Waals surface area contributed by atoms with Crippen LogP contribution in [0, 0.1) is 0 Å². The summed E-state index contributed by atoms with van der Waals surface area (Å²) < 4.78 is 0. The molecular formula is C19H25N3. The zero-order chi connectivity index (χ0) is 16.7. The molecule has 0 N–H and O–H groups in total. The first-order valence-electron chi connectivity index (χ1n) is 7.21. The van der Waals surface area contributed by atoms with E-state index in [1.165, 1.54) is 5.57 Å². The maximum absolute atomic E-state index is 4.67. The molecule has 1 heterocycles. The minimum atomic E-state index is 0.786. The van der Waals surface area contributed by atoms with E-state index in [1.807, 2.05) is 56.4 Å². The lowest BCUT2D eigenvalue weighted by molar-refractivity contribution is 1.07. The fourth-order valence-corrected chi connectivity index (χ4v) is 1.68. The molecular weight excluding hydrogens is 270 g/mol. The third-order valence-corrected chi connectivity index (χ3v) is 2.95. The lowest BCUT2D eigenvalue weighted by atomic mass is 10.1. The number of rotatable bonds is 6. The third kappa shape index (κ3) is 5.17. The summed E-state index contributed by atoms with van der Waals surface area (Å²) in [6, 6.07) is 3.97. The maximum atomic E-state index is 4.67. The summed E-state index contributed by atoms with van der Waals surface area (Å²) in [6.45, 7) is 13.9. The zero-order valence-corrected chi connectivity index (χ0v) is 14.2. The Morgan fingerprint density at radius 1 is 1.18 bits per heavy atom. The summed E-state index contributed by atoms with van der Waals surface area (Å²) in [5.74, 6) is 0.910. The first kappa shape index (κ1) is 17.6. The summed E-state index contributed by atoms with van der Waals surface area (Å²) in [5, 5.41) is 0. The van der Waals surface area contributed by atoms with Gasteiger partial charge in [0.1, 0.15) is 5.82 Å². The van der Waals surface area contributed by atoms with Crippen LogP contribution in [0.15, 0.2) is 71.6 Å². The van der Waals surface area contributed by atoms with Gasteiger partial charge in [0.2, 0.25) is 0 Å². The van der Waals surface area contributed by atoms with Crippen LogP contribution in [0.25, 0.3) is 0 Å². The minimum absolute atomic E-state index is 0.786. The summed E-state index contributed by atoms with van der Waals surface area (Å²) >= 11 is 0. The quantitative estimate of drug-likeness (QED) is 0.569. The van der Waals surface area contributed by atoms with Gasteiger partial charge >= 0.3 is 0 Å². The molecule has 0 saturated heterocycles. The molecule has 0 aliphatic rings. The highest BCUT2D eigenvalue weighted by Gasteiger charge is 2.04. The van der Waals surface area contributed by atoms with Crippen molar-refractivity contribution in [1.29, 1.82) is 0 Å². The Balaban J connectivity index is 3.22. The fourth-order valence-electron chi connectivity index (χ4n) is 1.68. The standard InChI is InChI=1S/C19H25N3/c1-8-17(16-10-12-19(20-13-16)22(6)7)21-18(15(4)5)11-9-14(2)3/h8-13H,1,4H2,2-3,5-7H3/b18-11+,21-17+. The van der Waals surface area contributed by atoms with Gasteiger partial charge in [-0.25, -0.2) is 9.98 Å². The molecule has 0 saturated carbocycles. The second kappa shape index (κ2) is 8.13. The summed E-state index contributed by atoms with van der Waals surface area (Å²) in [7, 11) is 3.93. The SMILES string of the molecule is C=C/C(=N\C(=C\C=C(C)C)C(=C)C)c1ccc(N(C)C)nc1. The van der Waals surface area contributed by atoms with Gasteiger partial charge in [-0.1, -0.05) is 24.8 Å². The molecule has 3 nitrogen and oxygen atoms in total. The van der Waals surface area contributed by atoms with E-state index in [-0.39, 0.29) is 0 Å². The van der Waals surface area contributed by atoms with E-state index in [4.69, 9.17) is 0 Å². The van der Waals surface area contributed by atoms with Gasteiger partial charge < -0.3 is 4.90 Å². The van der Waals surface area contributed by atoms with Crippen LogP contribution in [0.4, 0.5) is 5.82 Å². The highest BCUT2D eigenvalue weighted by atomic mass is 15.1. The van der Waals surface area contributed by atoms with Crippen molar-refractivity contribution in [1.82, 2.24) is 4.98 Å². The van der Waals surface area contributed by atoms with E-state index < -0.39 is 0 Å². The molecule has 0 amide bonds. The molecule has 0 unspecified atom stereocenters. The summed E-state index contributed by atoms with van der Waals surface area (Å²) in [5.41, 5.74) is 4.69. The Labute approximate surface area is 134 Å². The number of allylic oxidation sites excluding steroid dienone is 5. The first-order valence-corrected chi connectivity index (χ1v) is 7.21. The first-order chi connectivity index (χ1) is 10.3. The summed E-state index contributed by atoms with van der Waals surface area (Å²) in [4.78, 5) is 11.1. The van der Waals surface area contributed by atoms with Crippen LogP contribution in [0.2, 0.25) is 0 Å². The van der Waals surface area contributed by atoms with Crippen molar-refractivity contribution in [3.63, 3.8) is 0 Å². The van der Waals surface area contributed by atoms with Gasteiger partial charge in [-0.05, 0) is 50.6 Å². The van der Waals surface area contributed by atoms with Crippen LogP contribution in [0.1, 0.15) is 26.3 Å². The normalized spacial score (nSPS) is 11.9. The molecule has 3 heteroatoms. The van der Waals surface area contributed by atoms with E-state index in [2.05, 4.69) is 37.0 Å². The van der Waals surface area contributed by atoms with Gasteiger partial charge in [0.15, 0.2) is 0 Å². The van der Waals surface area contributed by atoms with Crippen LogP contribution in [-0.4, -0.2) is 24.8 Å². The number of aliphatic imine (C=N–C) groups is 1. The average Bonchev–Trinajstić information content (AvgIpc) is 2.47. The van der Waals surface area contributed by atoms with Crippen LogP contribution in [0.3, 0.4) is 0 Å². The molecule has 1 aromatic rings. The molecule has 0 aliphatic carbocycles. The average molecular weight is 295 g/mol. The predicted molar refractivity (Wildman–Crippen MR) is 97.6 cm³/mol. The van der Waals surface area contributed by atoms with Crippen LogP contribution < -0.4 is 4.90 Å². The number of nitrogens with zero attached hydrogens (tertiary/aromatic N) is 3. The Morgan fingerprint density at radius 3 is 2.27 bits per heavy atom. The number of aromatic nitrogens is 1. The van der Waals surface area contributed by atoms with Crippen LogP contribution in [0.5, 0.6) is 0 Å². The van der Waals surface area contributed by atoms with Gasteiger partial charge in [-0.2, -0.15) is 0 Å². The van der Waals surface area contributed by atoms with Crippen molar-refractivity contribution in [2.75, 3.05) is 19.0 Å². The van der Waals surface area contributed by atoms with Crippen LogP contribution in [-0.2, 0) is 0 Å². The predicted octanol–water partition coefficient (Wildman–Crippen LogP) is 4.55. The number of hydrogen-bond donors (Lipinski definition) is 0. The fraction of sp³-hybridized carbons (Fsp3) is 0.263. The molecule has 0 radical (unpaired) electrons. The number of hydrogen-bond acceptors (Lipinski definition) is 3. The van der Waals surface area contributed by atoms with Gasteiger partial charge in [-0.3, -0.25) is 0 Å². The topological polar surface area (TPSA) is 28.5 Å². The number of anilines is 1. The third-order valence-electron chi connectivity index (χ3n) is 2.95. The molecule has 0 aliphatic heterocycles. The number of pyridine rings is 1. The van der Waals surface area contributed by atoms with Crippen molar-refractivity contribution in [2.45, 2.75) is 20.8 Å². The molecule has 0 fully saturated rings. The van der Waals surface area contributed by atoms with Crippen molar-refractivity contribution in [3.8, 4) is 0 Å². The summed E-state index contributed by atoms with van der Waals surface area (Å²) in [6.07, 6.45) is 7.56. The highest BCUT2D eigenvalue weighted by molar-refractivity contribution is 6.08. The van der Waals surface area contributed by atoms with E-state index >= 15 is 0 Å². The smallest absolute Gasteiger partial charge is 0.127 e. The largest absolute Gasteiger partial charge is 0.363 e. The molecule has 0 spiro atoms. The second-order valence-corrected chi connectivity index (χ2v) is 5.58. The highest BCUT2D eigenvalue weighted by Crippen LogP contribution is 2.14. The lowest BCUT2D eigenvalue weighted by Crippen LogP contribution is -2.11.